The van der Waals surface area contributed by atoms with Crippen molar-refractivity contribution in [2.75, 3.05) is 6.54 Å². The summed E-state index contributed by atoms with van der Waals surface area (Å²) in [5.74, 6) is 1.83. The number of nitrogens with two attached hydrogens (primary N) is 1. The summed E-state index contributed by atoms with van der Waals surface area (Å²) in [5, 5.41) is 0. The van der Waals surface area contributed by atoms with E-state index in [-0.39, 0.29) is 0 Å². The Morgan fingerprint density at radius 3 is 2.59 bits per heavy atom. The Bertz CT molecular complexity index is 525. The van der Waals surface area contributed by atoms with Gasteiger partial charge in [0.1, 0.15) is 5.82 Å². The molecule has 3 nitrogen and oxygen atoms in total. The van der Waals surface area contributed by atoms with Crippen LogP contribution in [0.5, 0.6) is 0 Å². The summed E-state index contributed by atoms with van der Waals surface area (Å²) in [6, 6.07) is 4.31. The molecule has 0 saturated carbocycles. The van der Waals surface area contributed by atoms with Crippen LogP contribution in [0, 0.1) is 19.8 Å². The Morgan fingerprint density at radius 2 is 2.00 bits per heavy atom. The largest absolute Gasteiger partial charge is 0.342 e. The van der Waals surface area contributed by atoms with E-state index in [1.807, 2.05) is 0 Å². The third-order valence-electron chi connectivity index (χ3n) is 3.35. The van der Waals surface area contributed by atoms with E-state index in [4.69, 9.17) is 10.7 Å². The van der Waals surface area contributed by atoms with E-state index in [1.165, 1.54) is 11.1 Å². The monoisotopic (exact) mass is 231 g/mol. The van der Waals surface area contributed by atoms with Gasteiger partial charge in [-0.3, -0.25) is 0 Å². The molecule has 0 fully saturated rings. The third kappa shape index (κ3) is 2.20. The average molecular weight is 231 g/mol. The van der Waals surface area contributed by atoms with Gasteiger partial charge in [-0.1, -0.05) is 19.9 Å². The van der Waals surface area contributed by atoms with Crippen molar-refractivity contribution < 1.29 is 0 Å². The summed E-state index contributed by atoms with van der Waals surface area (Å²) in [6.07, 6.45) is 0. The number of nitrogens with one attached hydrogen (secondary N) is 1. The van der Waals surface area contributed by atoms with Gasteiger partial charge in [0.15, 0.2) is 0 Å². The van der Waals surface area contributed by atoms with Crippen molar-refractivity contribution in [2.24, 2.45) is 11.7 Å². The maximum absolute atomic E-state index is 5.84. The minimum atomic E-state index is 0.308. The standard InChI is InChI=1S/C14H21N3/c1-8(2)11(7-15)14-16-12-6-9(3)5-10(4)13(12)17-14/h5-6,8,11H,7,15H2,1-4H3,(H,16,17). The number of aromatic nitrogens is 2. The molecule has 3 heteroatoms. The van der Waals surface area contributed by atoms with Gasteiger partial charge in [-0.2, -0.15) is 0 Å². The molecule has 0 aliphatic rings. The van der Waals surface area contributed by atoms with E-state index >= 15 is 0 Å². The number of benzene rings is 1. The van der Waals surface area contributed by atoms with Gasteiger partial charge in [-0.25, -0.2) is 4.98 Å². The van der Waals surface area contributed by atoms with Crippen molar-refractivity contribution in [1.29, 1.82) is 0 Å². The van der Waals surface area contributed by atoms with Crippen LogP contribution < -0.4 is 5.73 Å². The fourth-order valence-corrected chi connectivity index (χ4v) is 2.37. The highest BCUT2D eigenvalue weighted by Gasteiger charge is 2.18. The number of rotatable bonds is 3. The number of imidazole rings is 1. The highest BCUT2D eigenvalue weighted by atomic mass is 14.9. The SMILES string of the molecule is Cc1cc(C)c2nc(C(CN)C(C)C)[nH]c2c1. The quantitative estimate of drug-likeness (QED) is 0.853. The number of fused-ring (bicyclic) bond motifs is 1. The molecule has 0 saturated heterocycles. The number of H-pyrrole nitrogens is 1. The molecule has 1 heterocycles. The number of aryl methyl sites for hydroxylation is 2. The van der Waals surface area contributed by atoms with Crippen LogP contribution in [0.25, 0.3) is 11.0 Å². The lowest BCUT2D eigenvalue weighted by atomic mass is 9.95. The molecule has 0 amide bonds. The molecule has 0 aliphatic carbocycles. The van der Waals surface area contributed by atoms with Crippen LogP contribution in [-0.4, -0.2) is 16.5 Å². The molecule has 17 heavy (non-hydrogen) atoms. The topological polar surface area (TPSA) is 54.7 Å². The Labute approximate surface area is 102 Å². The van der Waals surface area contributed by atoms with Gasteiger partial charge in [0, 0.05) is 12.5 Å². The second-order valence-electron chi connectivity index (χ2n) is 5.19. The maximum atomic E-state index is 5.84. The summed E-state index contributed by atoms with van der Waals surface area (Å²) in [6.45, 7) is 9.21. The minimum absolute atomic E-state index is 0.308. The Morgan fingerprint density at radius 1 is 1.29 bits per heavy atom. The van der Waals surface area contributed by atoms with Crippen molar-refractivity contribution in [3.63, 3.8) is 0 Å². The maximum Gasteiger partial charge on any atom is 0.111 e. The van der Waals surface area contributed by atoms with E-state index in [1.54, 1.807) is 0 Å². The lowest BCUT2D eigenvalue weighted by Gasteiger charge is -2.15. The molecule has 0 spiro atoms. The van der Waals surface area contributed by atoms with Gasteiger partial charge in [-0.15, -0.1) is 0 Å². The second kappa shape index (κ2) is 4.49. The first-order valence-electron chi connectivity index (χ1n) is 6.20. The normalized spacial score (nSPS) is 13.5. The van der Waals surface area contributed by atoms with Crippen molar-refractivity contribution in [3.8, 4) is 0 Å². The van der Waals surface area contributed by atoms with Crippen molar-refractivity contribution >= 4 is 11.0 Å². The molecule has 1 aromatic heterocycles. The minimum Gasteiger partial charge on any atom is -0.342 e. The van der Waals surface area contributed by atoms with Crippen LogP contribution in [-0.2, 0) is 0 Å². The summed E-state index contributed by atoms with van der Waals surface area (Å²) >= 11 is 0. The summed E-state index contributed by atoms with van der Waals surface area (Å²) < 4.78 is 0. The summed E-state index contributed by atoms with van der Waals surface area (Å²) in [7, 11) is 0. The molecule has 2 aromatic rings. The molecule has 0 radical (unpaired) electrons. The summed E-state index contributed by atoms with van der Waals surface area (Å²) in [5.41, 5.74) is 10.5. The van der Waals surface area contributed by atoms with Gasteiger partial charge < -0.3 is 10.7 Å². The zero-order valence-electron chi connectivity index (χ0n) is 11.0. The molecule has 2 rings (SSSR count). The van der Waals surface area contributed by atoms with E-state index in [0.29, 0.717) is 18.4 Å². The highest BCUT2D eigenvalue weighted by Crippen LogP contribution is 2.25. The lowest BCUT2D eigenvalue weighted by molar-refractivity contribution is 0.488. The van der Waals surface area contributed by atoms with Crippen LogP contribution in [0.15, 0.2) is 12.1 Å². The molecule has 1 unspecified atom stereocenters. The van der Waals surface area contributed by atoms with E-state index in [0.717, 1.165) is 16.9 Å². The number of hydrogen-bond acceptors (Lipinski definition) is 2. The van der Waals surface area contributed by atoms with Gasteiger partial charge in [0.05, 0.1) is 11.0 Å². The molecule has 0 aliphatic heterocycles. The fourth-order valence-electron chi connectivity index (χ4n) is 2.37. The van der Waals surface area contributed by atoms with Crippen molar-refractivity contribution in [1.82, 2.24) is 9.97 Å². The van der Waals surface area contributed by atoms with Gasteiger partial charge >= 0.3 is 0 Å². The van der Waals surface area contributed by atoms with E-state index in [2.05, 4.69) is 44.8 Å². The number of hydrogen-bond donors (Lipinski definition) is 2. The first-order valence-corrected chi connectivity index (χ1v) is 6.20. The lowest BCUT2D eigenvalue weighted by Crippen LogP contribution is -2.18. The van der Waals surface area contributed by atoms with Crippen molar-refractivity contribution in [3.05, 3.63) is 29.1 Å². The van der Waals surface area contributed by atoms with Crippen LogP contribution >= 0.6 is 0 Å². The zero-order valence-corrected chi connectivity index (χ0v) is 11.0. The van der Waals surface area contributed by atoms with Gasteiger partial charge in [0.25, 0.3) is 0 Å². The highest BCUT2D eigenvalue weighted by molar-refractivity contribution is 5.79. The van der Waals surface area contributed by atoms with Crippen molar-refractivity contribution in [2.45, 2.75) is 33.6 Å². The summed E-state index contributed by atoms with van der Waals surface area (Å²) in [4.78, 5) is 8.13. The predicted octanol–water partition coefficient (Wildman–Crippen LogP) is 2.88. The van der Waals surface area contributed by atoms with Crippen LogP contribution in [0.3, 0.4) is 0 Å². The first-order chi connectivity index (χ1) is 8.02. The first kappa shape index (κ1) is 12.1. The molecule has 1 atom stereocenters. The molecule has 0 bridgehead atoms. The van der Waals surface area contributed by atoms with E-state index < -0.39 is 0 Å². The molecular weight excluding hydrogens is 210 g/mol. The van der Waals surface area contributed by atoms with Crippen LogP contribution in [0.1, 0.15) is 36.7 Å². The average Bonchev–Trinajstić information content (AvgIpc) is 2.61. The van der Waals surface area contributed by atoms with Gasteiger partial charge in [0.2, 0.25) is 0 Å². The van der Waals surface area contributed by atoms with Gasteiger partial charge in [-0.05, 0) is 37.0 Å². The second-order valence-corrected chi connectivity index (χ2v) is 5.19. The van der Waals surface area contributed by atoms with E-state index in [9.17, 15) is 0 Å². The number of nitrogens with zero attached hydrogens (tertiary/aromatic N) is 1. The Kier molecular flexibility index (Phi) is 3.20. The molecule has 92 valence electrons. The number of aromatic amines is 1. The Hall–Kier alpha value is -1.35. The van der Waals surface area contributed by atoms with Crippen LogP contribution in [0.2, 0.25) is 0 Å². The van der Waals surface area contributed by atoms with Crippen LogP contribution in [0.4, 0.5) is 0 Å². The third-order valence-corrected chi connectivity index (χ3v) is 3.35. The molecule has 3 N–H and O–H groups in total. The Balaban J connectivity index is 2.54. The predicted molar refractivity (Wildman–Crippen MR) is 72.2 cm³/mol. The molecule has 1 aromatic carbocycles. The zero-order chi connectivity index (χ0) is 12.6. The smallest absolute Gasteiger partial charge is 0.111 e. The molecular formula is C14H21N3. The fraction of sp³-hybridized carbons (Fsp3) is 0.500.